The zero-order valence-electron chi connectivity index (χ0n) is 24.3. The van der Waals surface area contributed by atoms with Crippen molar-refractivity contribution in [3.63, 3.8) is 0 Å². The van der Waals surface area contributed by atoms with Gasteiger partial charge in [0.05, 0.1) is 33.9 Å². The number of nitrogens with zero attached hydrogens (tertiary/aromatic N) is 3. The predicted molar refractivity (Wildman–Crippen MR) is 166 cm³/mol. The van der Waals surface area contributed by atoms with Crippen LogP contribution in [0.4, 0.5) is 5.69 Å². The Balaban J connectivity index is 1.66. The number of hydrogen-bond donors (Lipinski definition) is 0. The normalized spacial score (nSPS) is 15.0. The maximum Gasteiger partial charge on any atom is 0.338 e. The fourth-order valence-electron chi connectivity index (χ4n) is 4.96. The molecule has 4 aromatic rings. The number of benzene rings is 2. The molecule has 2 aromatic heterocycles. The van der Waals surface area contributed by atoms with Crippen LogP contribution in [0.2, 0.25) is 0 Å². The maximum atomic E-state index is 14.0. The van der Waals surface area contributed by atoms with Crippen LogP contribution in [0.15, 0.2) is 72.4 Å². The molecule has 3 heterocycles. The number of rotatable bonds is 7. The second-order valence-electron chi connectivity index (χ2n) is 10.3. The van der Waals surface area contributed by atoms with Crippen molar-refractivity contribution in [1.82, 2.24) is 4.57 Å². The molecule has 43 heavy (non-hydrogen) atoms. The van der Waals surface area contributed by atoms with Gasteiger partial charge in [-0.3, -0.25) is 19.5 Å². The Morgan fingerprint density at radius 1 is 1.19 bits per heavy atom. The van der Waals surface area contributed by atoms with Crippen molar-refractivity contribution >= 4 is 45.0 Å². The van der Waals surface area contributed by atoms with Gasteiger partial charge in [0.2, 0.25) is 0 Å². The second-order valence-corrected chi connectivity index (χ2v) is 12.2. The van der Waals surface area contributed by atoms with Gasteiger partial charge in [0.25, 0.3) is 11.2 Å². The molecule has 0 saturated carbocycles. The number of nitro benzene ring substituents is 1. The van der Waals surface area contributed by atoms with Crippen LogP contribution >= 0.6 is 27.3 Å². The first-order valence-electron chi connectivity index (χ1n) is 13.3. The van der Waals surface area contributed by atoms with Crippen LogP contribution in [0, 0.1) is 24.0 Å². The van der Waals surface area contributed by atoms with Crippen molar-refractivity contribution < 1.29 is 23.6 Å². The number of halogens is 1. The minimum Gasteiger partial charge on any atom is -0.496 e. The lowest BCUT2D eigenvalue weighted by Gasteiger charge is -2.26. The van der Waals surface area contributed by atoms with Crippen LogP contribution in [0.25, 0.3) is 17.4 Å². The van der Waals surface area contributed by atoms with Crippen molar-refractivity contribution in [2.24, 2.45) is 4.99 Å². The van der Waals surface area contributed by atoms with Crippen molar-refractivity contribution in [3.8, 4) is 17.1 Å². The van der Waals surface area contributed by atoms with Gasteiger partial charge in [0.15, 0.2) is 4.80 Å². The van der Waals surface area contributed by atoms with Gasteiger partial charge in [-0.15, -0.1) is 0 Å². The summed E-state index contributed by atoms with van der Waals surface area (Å²) < 4.78 is 19.8. The Hall–Kier alpha value is -4.29. The highest BCUT2D eigenvalue weighted by Crippen LogP contribution is 2.37. The summed E-state index contributed by atoms with van der Waals surface area (Å²) in [6.45, 7) is 8.74. The number of methoxy groups -OCH3 is 1. The standard InChI is InChI=1S/C31H28BrN3O7S/c1-15(2)41-30(37)27-18(5)33-31-34(28(27)22-13-20(32)7-9-25(22)40-6)29(36)26(43-31)14-21-8-10-24(42-21)19-11-16(3)17(4)23(12-19)35(38)39/h7-15,28H,1-6H3/b26-14-/t28-/m0/s1. The van der Waals surface area contributed by atoms with Gasteiger partial charge >= 0.3 is 5.97 Å². The molecule has 0 N–H and O–H groups in total. The third kappa shape index (κ3) is 5.72. The number of hydrogen-bond acceptors (Lipinski definition) is 9. The molecule has 0 bridgehead atoms. The first-order chi connectivity index (χ1) is 20.4. The third-order valence-corrected chi connectivity index (χ3v) is 8.57. The number of ether oxygens (including phenoxy) is 2. The molecule has 0 radical (unpaired) electrons. The highest BCUT2D eigenvalue weighted by molar-refractivity contribution is 9.10. The van der Waals surface area contributed by atoms with Gasteiger partial charge in [-0.2, -0.15) is 0 Å². The molecule has 1 aliphatic rings. The van der Waals surface area contributed by atoms with Crippen LogP contribution < -0.4 is 19.6 Å². The van der Waals surface area contributed by atoms with Gasteiger partial charge in [0.1, 0.15) is 23.3 Å². The molecule has 0 saturated heterocycles. The van der Waals surface area contributed by atoms with Gasteiger partial charge in [-0.25, -0.2) is 9.79 Å². The highest BCUT2D eigenvalue weighted by atomic mass is 79.9. The van der Waals surface area contributed by atoms with E-state index in [1.54, 1.807) is 58.9 Å². The number of carbonyl (C=O) groups is 1. The van der Waals surface area contributed by atoms with E-state index in [0.29, 0.717) is 49.0 Å². The van der Waals surface area contributed by atoms with Gasteiger partial charge in [-0.05, 0) is 76.6 Å². The van der Waals surface area contributed by atoms with E-state index in [4.69, 9.17) is 13.9 Å². The number of aryl methyl sites for hydroxylation is 1. The molecule has 5 rings (SSSR count). The molecule has 0 fully saturated rings. The van der Waals surface area contributed by atoms with E-state index in [1.807, 2.05) is 18.2 Å². The number of allylic oxidation sites excluding steroid dienone is 1. The fraction of sp³-hybridized carbons (Fsp3) is 0.258. The summed E-state index contributed by atoms with van der Waals surface area (Å²) in [6.07, 6.45) is 1.22. The second kappa shape index (κ2) is 11.8. The van der Waals surface area contributed by atoms with E-state index in [0.717, 1.165) is 21.4 Å². The molecule has 0 aliphatic carbocycles. The zero-order chi connectivity index (χ0) is 31.2. The number of fused-ring (bicyclic) bond motifs is 1. The molecule has 0 amide bonds. The van der Waals surface area contributed by atoms with Crippen molar-refractivity contribution in [2.75, 3.05) is 7.11 Å². The lowest BCUT2D eigenvalue weighted by molar-refractivity contribution is -0.385. The van der Waals surface area contributed by atoms with E-state index >= 15 is 0 Å². The number of carbonyl (C=O) groups excluding carboxylic acids is 1. The quantitative estimate of drug-likeness (QED) is 0.140. The average molecular weight is 667 g/mol. The van der Waals surface area contributed by atoms with Crippen molar-refractivity contribution in [1.29, 1.82) is 0 Å². The van der Waals surface area contributed by atoms with E-state index < -0.39 is 16.9 Å². The van der Waals surface area contributed by atoms with Crippen LogP contribution in [0.5, 0.6) is 5.75 Å². The van der Waals surface area contributed by atoms with Crippen LogP contribution in [-0.4, -0.2) is 28.7 Å². The summed E-state index contributed by atoms with van der Waals surface area (Å²) in [6, 6.07) is 11.2. The molecule has 222 valence electrons. The fourth-order valence-corrected chi connectivity index (χ4v) is 6.37. The molecular formula is C31H28BrN3O7S. The van der Waals surface area contributed by atoms with Crippen LogP contribution in [0.3, 0.4) is 0 Å². The summed E-state index contributed by atoms with van der Waals surface area (Å²) >= 11 is 4.66. The minimum atomic E-state index is -0.861. The number of thiazole rings is 1. The summed E-state index contributed by atoms with van der Waals surface area (Å²) in [7, 11) is 1.53. The van der Waals surface area contributed by atoms with E-state index in [-0.39, 0.29) is 22.9 Å². The lowest BCUT2D eigenvalue weighted by Crippen LogP contribution is -2.40. The van der Waals surface area contributed by atoms with Gasteiger partial charge in [-0.1, -0.05) is 27.3 Å². The minimum absolute atomic E-state index is 0.00593. The molecule has 10 nitrogen and oxygen atoms in total. The Morgan fingerprint density at radius 2 is 1.93 bits per heavy atom. The first-order valence-corrected chi connectivity index (χ1v) is 14.9. The highest BCUT2D eigenvalue weighted by Gasteiger charge is 2.35. The average Bonchev–Trinajstić information content (AvgIpc) is 3.53. The number of furan rings is 1. The Bertz CT molecular complexity index is 2000. The van der Waals surface area contributed by atoms with E-state index in [9.17, 15) is 19.7 Å². The Kier molecular flexibility index (Phi) is 8.26. The Labute approximate surface area is 258 Å². The SMILES string of the molecule is COc1ccc(Br)cc1[C@H]1C(C(=O)OC(C)C)=C(C)N=c2s/c(=C\c3ccc(-c4cc(C)c(C)c([N+](=O)[O-])c4)o3)c(=O)n21. The lowest BCUT2D eigenvalue weighted by atomic mass is 9.95. The molecule has 0 unspecified atom stereocenters. The maximum absolute atomic E-state index is 14.0. The topological polar surface area (TPSA) is 126 Å². The monoisotopic (exact) mass is 665 g/mol. The number of aromatic nitrogens is 1. The molecule has 2 aromatic carbocycles. The first kappa shape index (κ1) is 30.2. The molecule has 0 spiro atoms. The molecule has 1 aliphatic heterocycles. The Morgan fingerprint density at radius 3 is 2.60 bits per heavy atom. The smallest absolute Gasteiger partial charge is 0.338 e. The number of esters is 1. The van der Waals surface area contributed by atoms with E-state index in [2.05, 4.69) is 20.9 Å². The summed E-state index contributed by atoms with van der Waals surface area (Å²) in [5.74, 6) is 0.727. The van der Waals surface area contributed by atoms with Crippen molar-refractivity contribution in [2.45, 2.75) is 46.8 Å². The summed E-state index contributed by atoms with van der Waals surface area (Å²) in [5.41, 5.74) is 2.80. The van der Waals surface area contributed by atoms with Crippen LogP contribution in [0.1, 0.15) is 49.3 Å². The van der Waals surface area contributed by atoms with Crippen LogP contribution in [-0.2, 0) is 9.53 Å². The molecule has 12 heteroatoms. The predicted octanol–water partition coefficient (Wildman–Crippen LogP) is 5.74. The largest absolute Gasteiger partial charge is 0.496 e. The third-order valence-electron chi connectivity index (χ3n) is 7.09. The summed E-state index contributed by atoms with van der Waals surface area (Å²) in [5, 5.41) is 11.5. The zero-order valence-corrected chi connectivity index (χ0v) is 26.7. The van der Waals surface area contributed by atoms with Gasteiger partial charge in [0, 0.05) is 33.3 Å². The van der Waals surface area contributed by atoms with Crippen molar-refractivity contribution in [3.05, 3.63) is 110 Å². The summed E-state index contributed by atoms with van der Waals surface area (Å²) in [4.78, 5) is 43.5. The number of nitro groups is 1. The van der Waals surface area contributed by atoms with Gasteiger partial charge < -0.3 is 13.9 Å². The molecule has 1 atom stereocenters. The van der Waals surface area contributed by atoms with E-state index in [1.165, 1.54) is 17.7 Å². The molecular weight excluding hydrogens is 638 g/mol.